The molecule has 0 saturated heterocycles. The smallest absolute Gasteiger partial charge is 0.291 e. The van der Waals surface area contributed by atoms with Crippen LogP contribution in [0.4, 0.5) is 0 Å². The number of rotatable bonds is 3. The molecule has 0 aliphatic carbocycles. The van der Waals surface area contributed by atoms with Crippen LogP contribution < -0.4 is 5.56 Å². The van der Waals surface area contributed by atoms with Crippen LogP contribution in [0.15, 0.2) is 23.3 Å². The highest BCUT2D eigenvalue weighted by atomic mass is 32.2. The van der Waals surface area contributed by atoms with Crippen molar-refractivity contribution in [1.82, 2.24) is 28.9 Å². The number of H-pyrrole nitrogens is 1. The van der Waals surface area contributed by atoms with Gasteiger partial charge in [-0.25, -0.2) is 13.1 Å². The summed E-state index contributed by atoms with van der Waals surface area (Å²) in [6.45, 7) is 0.975. The minimum Gasteiger partial charge on any atom is -0.342 e. The highest BCUT2D eigenvalue weighted by Crippen LogP contribution is 2.28. The number of aromatic amines is 1. The second-order valence-corrected chi connectivity index (χ2v) is 8.25. The zero-order valence-electron chi connectivity index (χ0n) is 13.9. The van der Waals surface area contributed by atoms with Crippen molar-refractivity contribution in [1.29, 1.82) is 0 Å². The number of sulfonamides is 1. The van der Waals surface area contributed by atoms with Gasteiger partial charge in [0.1, 0.15) is 5.52 Å². The van der Waals surface area contributed by atoms with Crippen molar-refractivity contribution in [2.24, 2.45) is 7.05 Å². The first-order chi connectivity index (χ1) is 11.9. The molecule has 10 heteroatoms. The molecule has 0 saturated carbocycles. The average molecular weight is 362 g/mol. The maximum Gasteiger partial charge on any atom is 0.291 e. The van der Waals surface area contributed by atoms with Gasteiger partial charge in [-0.05, 0) is 18.1 Å². The van der Waals surface area contributed by atoms with E-state index in [4.69, 9.17) is 0 Å². The van der Waals surface area contributed by atoms with Gasteiger partial charge in [-0.15, -0.1) is 0 Å². The van der Waals surface area contributed by atoms with Gasteiger partial charge in [0.2, 0.25) is 10.0 Å². The number of aromatic nitrogens is 5. The lowest BCUT2D eigenvalue weighted by atomic mass is 10.1. The van der Waals surface area contributed by atoms with E-state index < -0.39 is 10.0 Å². The van der Waals surface area contributed by atoms with Crippen molar-refractivity contribution < 1.29 is 8.42 Å². The SMILES string of the molecule is Cn1c2c(c3cnn(Cc4cc[nH]n4)c(=O)c31)CCN(S(C)(=O)=O)C2. The molecule has 0 fully saturated rings. The zero-order chi connectivity index (χ0) is 17.8. The zero-order valence-corrected chi connectivity index (χ0v) is 14.7. The van der Waals surface area contributed by atoms with Crippen molar-refractivity contribution in [3.63, 3.8) is 0 Å². The van der Waals surface area contributed by atoms with Crippen molar-refractivity contribution in [3.05, 3.63) is 45.8 Å². The summed E-state index contributed by atoms with van der Waals surface area (Å²) >= 11 is 0. The van der Waals surface area contributed by atoms with Gasteiger partial charge in [0.05, 0.1) is 31.2 Å². The number of fused-ring (bicyclic) bond motifs is 3. The van der Waals surface area contributed by atoms with Crippen molar-refractivity contribution in [2.45, 2.75) is 19.5 Å². The Bertz CT molecular complexity index is 1110. The van der Waals surface area contributed by atoms with E-state index in [0.29, 0.717) is 18.5 Å². The van der Waals surface area contributed by atoms with Crippen LogP contribution in [-0.4, -0.2) is 50.1 Å². The molecule has 0 atom stereocenters. The first-order valence-corrected chi connectivity index (χ1v) is 9.71. The molecule has 132 valence electrons. The molecule has 25 heavy (non-hydrogen) atoms. The van der Waals surface area contributed by atoms with E-state index in [-0.39, 0.29) is 18.6 Å². The van der Waals surface area contributed by atoms with Crippen LogP contribution in [-0.2, 0) is 36.6 Å². The minimum atomic E-state index is -3.27. The molecule has 4 heterocycles. The number of aryl methyl sites for hydroxylation is 1. The third-order valence-corrected chi connectivity index (χ3v) is 5.96. The molecular formula is C15H18N6O3S. The summed E-state index contributed by atoms with van der Waals surface area (Å²) in [6, 6.07) is 1.79. The van der Waals surface area contributed by atoms with E-state index >= 15 is 0 Å². The van der Waals surface area contributed by atoms with Gasteiger partial charge < -0.3 is 4.57 Å². The molecule has 4 rings (SSSR count). The Morgan fingerprint density at radius 2 is 2.16 bits per heavy atom. The molecule has 1 aliphatic rings. The summed E-state index contributed by atoms with van der Waals surface area (Å²) in [7, 11) is -1.47. The van der Waals surface area contributed by atoms with Crippen LogP contribution in [0.25, 0.3) is 10.9 Å². The molecule has 1 aliphatic heterocycles. The second-order valence-electron chi connectivity index (χ2n) is 6.27. The van der Waals surface area contributed by atoms with Gasteiger partial charge >= 0.3 is 0 Å². The Kier molecular flexibility index (Phi) is 3.55. The Morgan fingerprint density at radius 3 is 2.84 bits per heavy atom. The average Bonchev–Trinajstić information content (AvgIpc) is 3.16. The fourth-order valence-electron chi connectivity index (χ4n) is 3.41. The number of hydrogen-bond donors (Lipinski definition) is 1. The highest BCUT2D eigenvalue weighted by Gasteiger charge is 2.28. The largest absolute Gasteiger partial charge is 0.342 e. The molecule has 1 N–H and O–H groups in total. The maximum atomic E-state index is 12.9. The van der Waals surface area contributed by atoms with Crippen molar-refractivity contribution in [2.75, 3.05) is 12.8 Å². The molecule has 3 aromatic heterocycles. The van der Waals surface area contributed by atoms with Crippen LogP contribution >= 0.6 is 0 Å². The molecule has 3 aromatic rings. The van der Waals surface area contributed by atoms with Crippen molar-refractivity contribution >= 4 is 20.9 Å². The fourth-order valence-corrected chi connectivity index (χ4v) is 4.19. The summed E-state index contributed by atoms with van der Waals surface area (Å²) in [5, 5.41) is 11.8. The Hall–Kier alpha value is -2.46. The summed E-state index contributed by atoms with van der Waals surface area (Å²) in [5.74, 6) is 0. The highest BCUT2D eigenvalue weighted by molar-refractivity contribution is 7.88. The predicted octanol–water partition coefficient (Wildman–Crippen LogP) is -0.176. The lowest BCUT2D eigenvalue weighted by Crippen LogP contribution is -2.35. The van der Waals surface area contributed by atoms with E-state index in [2.05, 4.69) is 15.3 Å². The number of nitrogens with zero attached hydrogens (tertiary/aromatic N) is 5. The van der Waals surface area contributed by atoms with Gasteiger partial charge in [-0.3, -0.25) is 9.89 Å². The third-order valence-electron chi connectivity index (χ3n) is 4.71. The second kappa shape index (κ2) is 5.53. The quantitative estimate of drug-likeness (QED) is 0.696. The summed E-state index contributed by atoms with van der Waals surface area (Å²) in [5.41, 5.74) is 2.92. The number of nitrogens with one attached hydrogen (secondary N) is 1. The van der Waals surface area contributed by atoms with E-state index in [1.165, 1.54) is 15.2 Å². The molecule has 0 bridgehead atoms. The number of hydrogen-bond acceptors (Lipinski definition) is 5. The van der Waals surface area contributed by atoms with Gasteiger partial charge in [-0.2, -0.15) is 14.5 Å². The standard InChI is InChI=1S/C15H18N6O3S/c1-19-13-9-20(25(2,23)24)6-4-11(13)12-7-17-21(15(22)14(12)19)8-10-3-5-16-18-10/h3,5,7H,4,6,8-9H2,1-2H3,(H,16,18). The van der Waals surface area contributed by atoms with Gasteiger partial charge in [-0.1, -0.05) is 0 Å². The molecule has 9 nitrogen and oxygen atoms in total. The Labute approximate surface area is 143 Å². The lowest BCUT2D eigenvalue weighted by Gasteiger charge is -2.25. The van der Waals surface area contributed by atoms with Crippen LogP contribution in [0, 0.1) is 0 Å². The van der Waals surface area contributed by atoms with Gasteiger partial charge in [0.15, 0.2) is 0 Å². The van der Waals surface area contributed by atoms with E-state index in [9.17, 15) is 13.2 Å². The molecule has 0 spiro atoms. The predicted molar refractivity (Wildman–Crippen MR) is 91.6 cm³/mol. The van der Waals surface area contributed by atoms with Crippen LogP contribution in [0.1, 0.15) is 17.0 Å². The van der Waals surface area contributed by atoms with E-state index in [1.54, 1.807) is 30.1 Å². The molecule has 0 radical (unpaired) electrons. The van der Waals surface area contributed by atoms with Gasteiger partial charge in [0, 0.05) is 30.9 Å². The summed E-state index contributed by atoms with van der Waals surface area (Å²) < 4.78 is 28.3. The van der Waals surface area contributed by atoms with Gasteiger partial charge in [0.25, 0.3) is 5.56 Å². The first-order valence-electron chi connectivity index (χ1n) is 7.86. The molecular weight excluding hydrogens is 344 g/mol. The van der Waals surface area contributed by atoms with E-state index in [1.807, 2.05) is 0 Å². The minimum absolute atomic E-state index is 0.205. The van der Waals surface area contributed by atoms with E-state index in [0.717, 1.165) is 22.3 Å². The van der Waals surface area contributed by atoms with Crippen molar-refractivity contribution in [3.8, 4) is 0 Å². The third kappa shape index (κ3) is 2.57. The van der Waals surface area contributed by atoms with Crippen LogP contribution in [0.2, 0.25) is 0 Å². The first kappa shape index (κ1) is 16.0. The molecule has 0 unspecified atom stereocenters. The fraction of sp³-hybridized carbons (Fsp3) is 0.400. The summed E-state index contributed by atoms with van der Waals surface area (Å²) in [6.07, 6.45) is 5.17. The summed E-state index contributed by atoms with van der Waals surface area (Å²) in [4.78, 5) is 12.9. The normalized spacial score (nSPS) is 15.6. The van der Waals surface area contributed by atoms with Crippen LogP contribution in [0.5, 0.6) is 0 Å². The monoisotopic (exact) mass is 362 g/mol. The Balaban J connectivity index is 1.84. The topological polar surface area (TPSA) is 106 Å². The Morgan fingerprint density at radius 1 is 1.36 bits per heavy atom. The van der Waals surface area contributed by atoms with Crippen LogP contribution in [0.3, 0.4) is 0 Å². The molecule has 0 amide bonds. The lowest BCUT2D eigenvalue weighted by molar-refractivity contribution is 0.386. The maximum absolute atomic E-state index is 12.9. The molecule has 0 aromatic carbocycles.